The van der Waals surface area contributed by atoms with Crippen molar-refractivity contribution in [1.29, 1.82) is 0 Å². The Hall–Kier alpha value is 0.0200. The molecule has 2 heteroatoms. The number of rotatable bonds is 0. The van der Waals surface area contributed by atoms with E-state index in [1.807, 2.05) is 11.8 Å². The van der Waals surface area contributed by atoms with Crippen LogP contribution >= 0.6 is 11.8 Å². The second-order valence-corrected chi connectivity index (χ2v) is 4.51. The van der Waals surface area contributed by atoms with E-state index in [-0.39, 0.29) is 0 Å². The summed E-state index contributed by atoms with van der Waals surface area (Å²) in [6.07, 6.45) is 8.96. The van der Waals surface area contributed by atoms with E-state index < -0.39 is 0 Å². The Balaban J connectivity index is 2.05. The van der Waals surface area contributed by atoms with Gasteiger partial charge in [0, 0.05) is 12.0 Å². The van der Waals surface area contributed by atoms with E-state index in [2.05, 4.69) is 11.2 Å². The Bertz CT molecular complexity index is 147. The first kappa shape index (κ1) is 6.71. The zero-order valence-corrected chi connectivity index (χ0v) is 6.99. The SMILES string of the molecule is C1=NC2(CCCCC2)SC1. The molecule has 0 N–H and O–H groups in total. The molecule has 1 aliphatic heterocycles. The first-order valence-corrected chi connectivity index (χ1v) is 5.08. The molecule has 56 valence electrons. The molecule has 0 aromatic carbocycles. The fraction of sp³-hybridized carbons (Fsp3) is 0.875. The molecule has 1 fully saturated rings. The quantitative estimate of drug-likeness (QED) is 0.523. The van der Waals surface area contributed by atoms with Crippen molar-refractivity contribution < 1.29 is 0 Å². The molecule has 0 bridgehead atoms. The van der Waals surface area contributed by atoms with Crippen LogP contribution in [0.15, 0.2) is 4.99 Å². The summed E-state index contributed by atoms with van der Waals surface area (Å²) in [7, 11) is 0. The van der Waals surface area contributed by atoms with Gasteiger partial charge < -0.3 is 0 Å². The molecule has 10 heavy (non-hydrogen) atoms. The highest BCUT2D eigenvalue weighted by molar-refractivity contribution is 8.01. The van der Waals surface area contributed by atoms with Gasteiger partial charge in [-0.05, 0) is 12.8 Å². The minimum Gasteiger partial charge on any atom is -0.279 e. The van der Waals surface area contributed by atoms with Gasteiger partial charge in [-0.2, -0.15) is 0 Å². The zero-order valence-electron chi connectivity index (χ0n) is 6.18. The fourth-order valence-electron chi connectivity index (χ4n) is 1.81. The monoisotopic (exact) mass is 155 g/mol. The summed E-state index contributed by atoms with van der Waals surface area (Å²) >= 11 is 2.04. The van der Waals surface area contributed by atoms with Crippen LogP contribution in [0.3, 0.4) is 0 Å². The van der Waals surface area contributed by atoms with Crippen LogP contribution < -0.4 is 0 Å². The topological polar surface area (TPSA) is 12.4 Å². The molecule has 0 radical (unpaired) electrons. The first-order chi connectivity index (χ1) is 4.91. The standard InChI is InChI=1S/C8H13NS/c1-2-4-8(5-3-1)9-6-7-10-8/h6H,1-5,7H2. The molecule has 0 amide bonds. The van der Waals surface area contributed by atoms with E-state index >= 15 is 0 Å². The van der Waals surface area contributed by atoms with Crippen LogP contribution in [0.2, 0.25) is 0 Å². The highest BCUT2D eigenvalue weighted by Crippen LogP contribution is 2.43. The lowest BCUT2D eigenvalue weighted by Crippen LogP contribution is -2.22. The molecule has 1 nitrogen and oxygen atoms in total. The Morgan fingerprint density at radius 3 is 2.60 bits per heavy atom. The van der Waals surface area contributed by atoms with E-state index in [1.54, 1.807) is 0 Å². The van der Waals surface area contributed by atoms with Crippen molar-refractivity contribution in [3.05, 3.63) is 0 Å². The van der Waals surface area contributed by atoms with Crippen LogP contribution in [0.4, 0.5) is 0 Å². The van der Waals surface area contributed by atoms with Gasteiger partial charge in [-0.25, -0.2) is 0 Å². The highest BCUT2D eigenvalue weighted by Gasteiger charge is 2.33. The summed E-state index contributed by atoms with van der Waals surface area (Å²) in [5.41, 5.74) is 0. The lowest BCUT2D eigenvalue weighted by atomic mass is 9.95. The second kappa shape index (κ2) is 2.57. The van der Waals surface area contributed by atoms with Crippen LogP contribution in [0.1, 0.15) is 32.1 Å². The molecule has 0 unspecified atom stereocenters. The Morgan fingerprint density at radius 2 is 2.00 bits per heavy atom. The maximum absolute atomic E-state index is 4.56. The van der Waals surface area contributed by atoms with E-state index in [1.165, 1.54) is 32.1 Å². The number of hydrogen-bond acceptors (Lipinski definition) is 2. The average Bonchev–Trinajstić information content (AvgIpc) is 2.39. The Labute approximate surface area is 66.3 Å². The molecule has 2 aliphatic rings. The first-order valence-electron chi connectivity index (χ1n) is 4.09. The summed E-state index contributed by atoms with van der Waals surface area (Å²) in [5, 5.41) is 0. The summed E-state index contributed by atoms with van der Waals surface area (Å²) in [6, 6.07) is 0. The molecule has 1 heterocycles. The maximum atomic E-state index is 4.56. The lowest BCUT2D eigenvalue weighted by molar-refractivity contribution is 0.413. The molecule has 2 rings (SSSR count). The van der Waals surface area contributed by atoms with Gasteiger partial charge in [0.1, 0.15) is 4.87 Å². The van der Waals surface area contributed by atoms with Gasteiger partial charge in [0.15, 0.2) is 0 Å². The van der Waals surface area contributed by atoms with E-state index in [9.17, 15) is 0 Å². The van der Waals surface area contributed by atoms with Gasteiger partial charge >= 0.3 is 0 Å². The lowest BCUT2D eigenvalue weighted by Gasteiger charge is -2.29. The van der Waals surface area contributed by atoms with Crippen molar-refractivity contribution in [2.24, 2.45) is 4.99 Å². The molecule has 0 aromatic heterocycles. The Morgan fingerprint density at radius 1 is 1.20 bits per heavy atom. The van der Waals surface area contributed by atoms with Gasteiger partial charge in [-0.15, -0.1) is 11.8 Å². The van der Waals surface area contributed by atoms with Crippen LogP contribution in [0, 0.1) is 0 Å². The summed E-state index contributed by atoms with van der Waals surface area (Å²) in [4.78, 5) is 4.92. The predicted octanol–water partition coefficient (Wildman–Crippen LogP) is 2.46. The van der Waals surface area contributed by atoms with Crippen molar-refractivity contribution in [3.8, 4) is 0 Å². The number of thioether (sulfide) groups is 1. The van der Waals surface area contributed by atoms with E-state index in [4.69, 9.17) is 0 Å². The average molecular weight is 155 g/mol. The van der Waals surface area contributed by atoms with Crippen molar-refractivity contribution in [2.45, 2.75) is 37.0 Å². The summed E-state index contributed by atoms with van der Waals surface area (Å²) in [6.45, 7) is 0. The number of aliphatic imine (C=N–C) groups is 1. The third kappa shape index (κ3) is 1.09. The van der Waals surface area contributed by atoms with Crippen molar-refractivity contribution in [2.75, 3.05) is 5.75 Å². The maximum Gasteiger partial charge on any atom is 0.106 e. The summed E-state index contributed by atoms with van der Waals surface area (Å²) in [5.74, 6) is 1.15. The van der Waals surface area contributed by atoms with Gasteiger partial charge in [-0.3, -0.25) is 4.99 Å². The number of nitrogens with zero attached hydrogens (tertiary/aromatic N) is 1. The minimum atomic E-state index is 0.359. The smallest absolute Gasteiger partial charge is 0.106 e. The van der Waals surface area contributed by atoms with Crippen LogP contribution in [0.5, 0.6) is 0 Å². The molecule has 0 atom stereocenters. The van der Waals surface area contributed by atoms with Crippen molar-refractivity contribution in [1.82, 2.24) is 0 Å². The molecule has 1 saturated carbocycles. The fourth-order valence-corrected chi connectivity index (χ4v) is 3.00. The third-order valence-electron chi connectivity index (χ3n) is 2.39. The highest BCUT2D eigenvalue weighted by atomic mass is 32.2. The van der Waals surface area contributed by atoms with Gasteiger partial charge in [0.25, 0.3) is 0 Å². The normalized spacial score (nSPS) is 29.6. The largest absolute Gasteiger partial charge is 0.279 e. The van der Waals surface area contributed by atoms with Crippen LogP contribution in [-0.4, -0.2) is 16.8 Å². The van der Waals surface area contributed by atoms with Gasteiger partial charge in [0.05, 0.1) is 0 Å². The number of hydrogen-bond donors (Lipinski definition) is 0. The second-order valence-electron chi connectivity index (χ2n) is 3.13. The predicted molar refractivity (Wildman–Crippen MR) is 46.8 cm³/mol. The van der Waals surface area contributed by atoms with Crippen molar-refractivity contribution in [3.63, 3.8) is 0 Å². The Kier molecular flexibility index (Phi) is 1.73. The third-order valence-corrected chi connectivity index (χ3v) is 3.75. The molecule has 1 aliphatic carbocycles. The van der Waals surface area contributed by atoms with Gasteiger partial charge in [-0.1, -0.05) is 19.3 Å². The molecular formula is C8H13NS. The summed E-state index contributed by atoms with van der Waals surface area (Å²) < 4.78 is 0. The molecule has 1 spiro atoms. The molecular weight excluding hydrogens is 142 g/mol. The minimum absolute atomic E-state index is 0.359. The van der Waals surface area contributed by atoms with Crippen LogP contribution in [0.25, 0.3) is 0 Å². The van der Waals surface area contributed by atoms with E-state index in [0.717, 1.165) is 5.75 Å². The van der Waals surface area contributed by atoms with Gasteiger partial charge in [0.2, 0.25) is 0 Å². The van der Waals surface area contributed by atoms with Crippen molar-refractivity contribution >= 4 is 18.0 Å². The zero-order chi connectivity index (χ0) is 6.86. The molecule has 0 aromatic rings. The molecule has 0 saturated heterocycles. The van der Waals surface area contributed by atoms with Crippen LogP contribution in [-0.2, 0) is 0 Å². The van der Waals surface area contributed by atoms with E-state index in [0.29, 0.717) is 4.87 Å².